The molecule has 0 bridgehead atoms. The molecule has 6 heteroatoms. The van der Waals surface area contributed by atoms with Crippen LogP contribution in [0.25, 0.3) is 0 Å². The predicted octanol–water partition coefficient (Wildman–Crippen LogP) is 3.51. The van der Waals surface area contributed by atoms with Crippen LogP contribution in [0, 0.1) is 0 Å². The molecular weight excluding hydrogens is 342 g/mol. The highest BCUT2D eigenvalue weighted by atomic mass is 16.5. The number of aliphatic hydroxyl groups excluding tert-OH is 1. The minimum absolute atomic E-state index is 0.0459. The van der Waals surface area contributed by atoms with Gasteiger partial charge in [0.15, 0.2) is 17.5 Å². The third kappa shape index (κ3) is 6.18. The molecule has 0 aromatic heterocycles. The summed E-state index contributed by atoms with van der Waals surface area (Å²) in [4.78, 5) is 4.38. The van der Waals surface area contributed by atoms with Crippen LogP contribution in [0.15, 0.2) is 47.5 Å². The maximum absolute atomic E-state index is 8.86. The van der Waals surface area contributed by atoms with Gasteiger partial charge in [-0.2, -0.15) is 0 Å². The molecular formula is C21H29N3O3. The van der Waals surface area contributed by atoms with Gasteiger partial charge in [0.05, 0.1) is 20.3 Å². The summed E-state index contributed by atoms with van der Waals surface area (Å²) in [5, 5.41) is 12.0. The van der Waals surface area contributed by atoms with Crippen LogP contribution in [0.5, 0.6) is 11.5 Å². The zero-order valence-electron chi connectivity index (χ0n) is 16.2. The Morgan fingerprint density at radius 2 is 1.93 bits per heavy atom. The minimum Gasteiger partial charge on any atom is -0.493 e. The van der Waals surface area contributed by atoms with Crippen molar-refractivity contribution in [1.29, 1.82) is 0 Å². The molecule has 0 aliphatic carbocycles. The van der Waals surface area contributed by atoms with Crippen LogP contribution in [-0.4, -0.2) is 31.4 Å². The highest BCUT2D eigenvalue weighted by Gasteiger charge is 2.06. The summed E-state index contributed by atoms with van der Waals surface area (Å²) in [5.74, 6) is 2.09. The fourth-order valence-electron chi connectivity index (χ4n) is 2.58. The molecule has 0 saturated heterocycles. The number of benzene rings is 2. The van der Waals surface area contributed by atoms with Gasteiger partial charge in [-0.25, -0.2) is 4.99 Å². The molecule has 0 heterocycles. The van der Waals surface area contributed by atoms with Gasteiger partial charge >= 0.3 is 0 Å². The van der Waals surface area contributed by atoms with Crippen LogP contribution in [0.4, 0.5) is 5.69 Å². The van der Waals surface area contributed by atoms with Gasteiger partial charge in [0, 0.05) is 5.69 Å². The van der Waals surface area contributed by atoms with Crippen LogP contribution < -0.4 is 20.5 Å². The molecule has 0 amide bonds. The van der Waals surface area contributed by atoms with Gasteiger partial charge in [0.2, 0.25) is 0 Å². The smallest absolute Gasteiger partial charge is 0.193 e. The molecule has 2 aromatic rings. The van der Waals surface area contributed by atoms with Gasteiger partial charge in [0.25, 0.3) is 0 Å². The van der Waals surface area contributed by atoms with E-state index in [-0.39, 0.29) is 13.2 Å². The van der Waals surface area contributed by atoms with Crippen LogP contribution >= 0.6 is 0 Å². The van der Waals surface area contributed by atoms with E-state index in [0.29, 0.717) is 29.9 Å². The van der Waals surface area contributed by atoms with Crippen LogP contribution in [0.1, 0.15) is 37.3 Å². The van der Waals surface area contributed by atoms with Crippen molar-refractivity contribution in [2.24, 2.45) is 10.7 Å². The van der Waals surface area contributed by atoms with Gasteiger partial charge < -0.3 is 25.6 Å². The molecule has 0 saturated carbocycles. The SMILES string of the molecule is CCC(C)c1ccc(NC(N)=NCc2ccc(OCCO)c(OC)c2)cc1. The molecule has 6 nitrogen and oxygen atoms in total. The normalized spacial score (nSPS) is 12.5. The minimum atomic E-state index is -0.0459. The van der Waals surface area contributed by atoms with Crippen molar-refractivity contribution >= 4 is 11.6 Å². The number of nitrogens with two attached hydrogens (primary N) is 1. The van der Waals surface area contributed by atoms with E-state index in [1.54, 1.807) is 13.2 Å². The third-order valence-corrected chi connectivity index (χ3v) is 4.37. The number of nitrogens with zero attached hydrogens (tertiary/aromatic N) is 1. The number of guanidine groups is 1. The maximum Gasteiger partial charge on any atom is 0.193 e. The molecule has 27 heavy (non-hydrogen) atoms. The molecule has 1 unspecified atom stereocenters. The van der Waals surface area contributed by atoms with E-state index < -0.39 is 0 Å². The van der Waals surface area contributed by atoms with E-state index >= 15 is 0 Å². The first-order valence-corrected chi connectivity index (χ1v) is 9.14. The Bertz CT molecular complexity index is 745. The van der Waals surface area contributed by atoms with Crippen molar-refractivity contribution in [3.63, 3.8) is 0 Å². The first-order valence-electron chi connectivity index (χ1n) is 9.14. The molecule has 0 spiro atoms. The summed E-state index contributed by atoms with van der Waals surface area (Å²) >= 11 is 0. The molecule has 2 aromatic carbocycles. The first-order chi connectivity index (χ1) is 13.1. The lowest BCUT2D eigenvalue weighted by molar-refractivity contribution is 0.196. The number of aliphatic hydroxyl groups is 1. The Kier molecular flexibility index (Phi) is 7.95. The van der Waals surface area contributed by atoms with Crippen molar-refractivity contribution in [3.8, 4) is 11.5 Å². The second kappa shape index (κ2) is 10.4. The Labute approximate surface area is 161 Å². The van der Waals surface area contributed by atoms with E-state index in [0.717, 1.165) is 17.7 Å². The summed E-state index contributed by atoms with van der Waals surface area (Å²) in [6.07, 6.45) is 1.11. The second-order valence-electron chi connectivity index (χ2n) is 6.32. The fraction of sp³-hybridized carbons (Fsp3) is 0.381. The van der Waals surface area contributed by atoms with Crippen molar-refractivity contribution in [2.45, 2.75) is 32.7 Å². The molecule has 146 valence electrons. The van der Waals surface area contributed by atoms with E-state index in [1.807, 2.05) is 24.3 Å². The van der Waals surface area contributed by atoms with E-state index in [2.05, 4.69) is 36.3 Å². The molecule has 0 aliphatic rings. The summed E-state index contributed by atoms with van der Waals surface area (Å²) in [6, 6.07) is 13.8. The summed E-state index contributed by atoms with van der Waals surface area (Å²) in [6.45, 7) is 4.99. The standard InChI is InChI=1S/C21H29N3O3/c1-4-15(2)17-6-8-18(9-7-17)24-21(22)23-14-16-5-10-19(27-12-11-25)20(13-16)26-3/h5-10,13,15,25H,4,11-12,14H2,1-3H3,(H3,22,23,24). The zero-order chi connectivity index (χ0) is 19.6. The number of rotatable bonds is 9. The number of hydrogen-bond acceptors (Lipinski definition) is 4. The van der Waals surface area contributed by atoms with Gasteiger partial charge in [-0.05, 0) is 47.7 Å². The van der Waals surface area contributed by atoms with Gasteiger partial charge in [-0.1, -0.05) is 32.0 Å². The quantitative estimate of drug-likeness (QED) is 0.464. The summed E-state index contributed by atoms with van der Waals surface area (Å²) < 4.78 is 10.7. The number of methoxy groups -OCH3 is 1. The third-order valence-electron chi connectivity index (χ3n) is 4.37. The second-order valence-corrected chi connectivity index (χ2v) is 6.32. The topological polar surface area (TPSA) is 89.1 Å². The van der Waals surface area contributed by atoms with Crippen LogP contribution in [0.3, 0.4) is 0 Å². The van der Waals surface area contributed by atoms with Gasteiger partial charge in [-0.3, -0.25) is 0 Å². The van der Waals surface area contributed by atoms with Crippen molar-refractivity contribution in [3.05, 3.63) is 53.6 Å². The van der Waals surface area contributed by atoms with Crippen molar-refractivity contribution in [2.75, 3.05) is 25.6 Å². The molecule has 0 radical (unpaired) electrons. The number of aliphatic imine (C=N–C) groups is 1. The van der Waals surface area contributed by atoms with E-state index in [4.69, 9.17) is 20.3 Å². The van der Waals surface area contributed by atoms with Crippen molar-refractivity contribution < 1.29 is 14.6 Å². The number of ether oxygens (including phenoxy) is 2. The molecule has 4 N–H and O–H groups in total. The fourth-order valence-corrected chi connectivity index (χ4v) is 2.58. The highest BCUT2D eigenvalue weighted by molar-refractivity contribution is 5.92. The molecule has 0 fully saturated rings. The Hall–Kier alpha value is -2.73. The number of hydrogen-bond donors (Lipinski definition) is 3. The highest BCUT2D eigenvalue weighted by Crippen LogP contribution is 2.28. The maximum atomic E-state index is 8.86. The predicted molar refractivity (Wildman–Crippen MR) is 110 cm³/mol. The van der Waals surface area contributed by atoms with Crippen LogP contribution in [-0.2, 0) is 6.54 Å². The zero-order valence-corrected chi connectivity index (χ0v) is 16.2. The van der Waals surface area contributed by atoms with E-state index in [9.17, 15) is 0 Å². The number of anilines is 1. The first kappa shape index (κ1) is 20.6. The monoisotopic (exact) mass is 371 g/mol. The average Bonchev–Trinajstić information content (AvgIpc) is 2.70. The number of nitrogens with one attached hydrogen (secondary N) is 1. The van der Waals surface area contributed by atoms with Gasteiger partial charge in [0.1, 0.15) is 6.61 Å². The Balaban J connectivity index is 1.98. The summed E-state index contributed by atoms with van der Waals surface area (Å²) in [7, 11) is 1.58. The van der Waals surface area contributed by atoms with E-state index in [1.165, 1.54) is 5.56 Å². The van der Waals surface area contributed by atoms with Crippen LogP contribution in [0.2, 0.25) is 0 Å². The lowest BCUT2D eigenvalue weighted by Crippen LogP contribution is -2.22. The largest absolute Gasteiger partial charge is 0.493 e. The Morgan fingerprint density at radius 3 is 2.56 bits per heavy atom. The summed E-state index contributed by atoms with van der Waals surface area (Å²) in [5.41, 5.74) is 9.17. The van der Waals surface area contributed by atoms with Crippen molar-refractivity contribution in [1.82, 2.24) is 0 Å². The molecule has 2 rings (SSSR count). The molecule has 1 atom stereocenters. The lowest BCUT2D eigenvalue weighted by Gasteiger charge is -2.12. The Morgan fingerprint density at radius 1 is 1.19 bits per heavy atom. The average molecular weight is 371 g/mol. The molecule has 0 aliphatic heterocycles. The lowest BCUT2D eigenvalue weighted by atomic mass is 9.99. The van der Waals surface area contributed by atoms with Gasteiger partial charge in [-0.15, -0.1) is 0 Å².